The van der Waals surface area contributed by atoms with Gasteiger partial charge in [0, 0.05) is 58.4 Å². The molecule has 0 saturated heterocycles. The van der Waals surface area contributed by atoms with Crippen molar-refractivity contribution in [2.75, 3.05) is 0 Å². The summed E-state index contributed by atoms with van der Waals surface area (Å²) in [7, 11) is 0. The van der Waals surface area contributed by atoms with Crippen molar-refractivity contribution < 1.29 is 9.59 Å². The van der Waals surface area contributed by atoms with Crippen LogP contribution in [0.15, 0.2) is 72.0 Å². The molecule has 2 heterocycles. The minimum absolute atomic E-state index is 0.169. The van der Waals surface area contributed by atoms with Gasteiger partial charge in [0.15, 0.2) is 0 Å². The summed E-state index contributed by atoms with van der Waals surface area (Å²) in [5, 5.41) is 7.68. The fourth-order valence-electron chi connectivity index (χ4n) is 4.55. The fraction of sp³-hybridized carbons (Fsp3) is 0.231. The van der Waals surface area contributed by atoms with Crippen LogP contribution in [0.2, 0.25) is 5.02 Å². The second-order valence-corrected chi connectivity index (χ2v) is 9.08. The summed E-state index contributed by atoms with van der Waals surface area (Å²) in [4.78, 5) is 44.8. The Morgan fingerprint density at radius 3 is 2.31 bits per heavy atom. The van der Waals surface area contributed by atoms with Crippen LogP contribution < -0.4 is 16.2 Å². The predicted octanol–water partition coefficient (Wildman–Crippen LogP) is 3.84. The van der Waals surface area contributed by atoms with Crippen LogP contribution in [0, 0.1) is 0 Å². The normalized spacial score (nSPS) is 17.7. The molecule has 2 unspecified atom stereocenters. The van der Waals surface area contributed by atoms with E-state index in [0.29, 0.717) is 21.8 Å². The first-order chi connectivity index (χ1) is 17.0. The highest BCUT2D eigenvalue weighted by Crippen LogP contribution is 2.24. The van der Waals surface area contributed by atoms with Gasteiger partial charge in [0.05, 0.1) is 11.2 Å². The summed E-state index contributed by atoms with van der Waals surface area (Å²) in [6.45, 7) is 0. The number of benzene rings is 2. The molecule has 2 atom stereocenters. The van der Waals surface area contributed by atoms with Crippen molar-refractivity contribution in [3.63, 3.8) is 0 Å². The summed E-state index contributed by atoms with van der Waals surface area (Å²) in [6, 6.07) is 11.8. The number of halogens is 1. The molecule has 1 fully saturated rings. The van der Waals surface area contributed by atoms with Gasteiger partial charge in [-0.2, -0.15) is 0 Å². The van der Waals surface area contributed by atoms with Crippen molar-refractivity contribution in [3.8, 4) is 5.69 Å². The van der Waals surface area contributed by atoms with E-state index in [9.17, 15) is 14.4 Å². The lowest BCUT2D eigenvalue weighted by Crippen LogP contribution is -2.53. The molecule has 0 bridgehead atoms. The molecule has 1 aliphatic rings. The Labute approximate surface area is 206 Å². The molecule has 1 saturated carbocycles. The molecule has 0 aliphatic heterocycles. The van der Waals surface area contributed by atoms with E-state index in [1.54, 1.807) is 48.8 Å². The van der Waals surface area contributed by atoms with E-state index in [4.69, 9.17) is 11.6 Å². The molecule has 8 nitrogen and oxygen atoms in total. The molecule has 35 heavy (non-hydrogen) atoms. The number of aromatic amines is 1. The van der Waals surface area contributed by atoms with Gasteiger partial charge in [-0.15, -0.1) is 0 Å². The average Bonchev–Trinajstić information content (AvgIpc) is 3.25. The predicted molar refractivity (Wildman–Crippen MR) is 134 cm³/mol. The van der Waals surface area contributed by atoms with Gasteiger partial charge in [0.2, 0.25) is 0 Å². The average molecular weight is 490 g/mol. The number of hydrogen-bond donors (Lipinski definition) is 3. The number of H-pyrrole nitrogens is 1. The Hall–Kier alpha value is -3.91. The maximum atomic E-state index is 13.0. The Morgan fingerprint density at radius 1 is 0.971 bits per heavy atom. The Bertz CT molecular complexity index is 1440. The van der Waals surface area contributed by atoms with E-state index in [1.807, 2.05) is 6.07 Å². The Morgan fingerprint density at radius 2 is 1.63 bits per heavy atom. The van der Waals surface area contributed by atoms with Crippen LogP contribution in [0.1, 0.15) is 46.4 Å². The molecule has 3 N–H and O–H groups in total. The van der Waals surface area contributed by atoms with Crippen molar-refractivity contribution in [1.29, 1.82) is 0 Å². The van der Waals surface area contributed by atoms with Gasteiger partial charge >= 0.3 is 0 Å². The van der Waals surface area contributed by atoms with E-state index < -0.39 is 0 Å². The standard InChI is InChI=1S/C26H24ClN5O3/c27-20-14-29-23-13-17(7-10-19(20)23)26(35)31-22-4-2-1-3-21(22)30-25(34)16-5-8-18(9-6-16)32-12-11-28-15-24(32)33/h5-15,21-22,29H,1-4H2,(H,30,34)(H,31,35). The zero-order valence-corrected chi connectivity index (χ0v) is 19.6. The summed E-state index contributed by atoms with van der Waals surface area (Å²) in [5.74, 6) is -0.400. The van der Waals surface area contributed by atoms with Crippen molar-refractivity contribution in [3.05, 3.63) is 93.8 Å². The molecule has 5 rings (SSSR count). The van der Waals surface area contributed by atoms with Gasteiger partial charge < -0.3 is 15.6 Å². The number of carbonyl (C=O) groups excluding carboxylic acids is 2. The highest BCUT2D eigenvalue weighted by atomic mass is 35.5. The molecule has 178 valence electrons. The third kappa shape index (κ3) is 4.83. The first-order valence-electron chi connectivity index (χ1n) is 11.5. The van der Waals surface area contributed by atoms with Gasteiger partial charge in [-0.1, -0.05) is 30.5 Å². The minimum atomic E-state index is -0.246. The van der Waals surface area contributed by atoms with E-state index in [2.05, 4.69) is 20.6 Å². The van der Waals surface area contributed by atoms with E-state index >= 15 is 0 Å². The molecule has 0 spiro atoms. The SMILES string of the molecule is O=C(NC1CCCCC1NC(=O)c1ccc2c(Cl)c[nH]c2c1)c1ccc(-n2ccncc2=O)cc1. The maximum Gasteiger partial charge on any atom is 0.273 e. The molecule has 2 amide bonds. The maximum absolute atomic E-state index is 13.0. The van der Waals surface area contributed by atoms with Crippen LogP contribution in [-0.4, -0.2) is 38.4 Å². The highest BCUT2D eigenvalue weighted by molar-refractivity contribution is 6.35. The monoisotopic (exact) mass is 489 g/mol. The Kier molecular flexibility index (Phi) is 6.37. The van der Waals surface area contributed by atoms with Crippen LogP contribution >= 0.6 is 11.6 Å². The lowest BCUT2D eigenvalue weighted by atomic mass is 9.89. The van der Waals surface area contributed by atoms with E-state index in [-0.39, 0.29) is 29.5 Å². The van der Waals surface area contributed by atoms with Gasteiger partial charge in [0.1, 0.15) is 0 Å². The number of carbonyl (C=O) groups is 2. The molecule has 9 heteroatoms. The van der Waals surface area contributed by atoms with Crippen LogP contribution in [0.25, 0.3) is 16.6 Å². The van der Waals surface area contributed by atoms with Gasteiger partial charge in [-0.3, -0.25) is 23.9 Å². The third-order valence-corrected chi connectivity index (χ3v) is 6.74. The lowest BCUT2D eigenvalue weighted by Gasteiger charge is -2.33. The molecule has 2 aromatic heterocycles. The number of amides is 2. The van der Waals surface area contributed by atoms with Gasteiger partial charge in [0.25, 0.3) is 17.4 Å². The van der Waals surface area contributed by atoms with E-state index in [1.165, 1.54) is 17.0 Å². The zero-order valence-electron chi connectivity index (χ0n) is 18.8. The molecule has 0 radical (unpaired) electrons. The van der Waals surface area contributed by atoms with Crippen molar-refractivity contribution in [1.82, 2.24) is 25.2 Å². The second kappa shape index (κ2) is 9.76. The smallest absolute Gasteiger partial charge is 0.273 e. The quantitative estimate of drug-likeness (QED) is 0.395. The molecular formula is C26H24ClN5O3. The zero-order chi connectivity index (χ0) is 24.4. The summed E-state index contributed by atoms with van der Waals surface area (Å²) in [6.07, 6.45) is 9.58. The van der Waals surface area contributed by atoms with Crippen molar-refractivity contribution >= 4 is 34.3 Å². The minimum Gasteiger partial charge on any atom is -0.360 e. The third-order valence-electron chi connectivity index (χ3n) is 6.42. The summed E-state index contributed by atoms with van der Waals surface area (Å²) in [5.41, 5.74) is 2.23. The van der Waals surface area contributed by atoms with Crippen LogP contribution in [0.4, 0.5) is 0 Å². The number of hydrogen-bond acceptors (Lipinski definition) is 4. The van der Waals surface area contributed by atoms with Crippen molar-refractivity contribution in [2.24, 2.45) is 0 Å². The highest BCUT2D eigenvalue weighted by Gasteiger charge is 2.28. The first-order valence-corrected chi connectivity index (χ1v) is 11.9. The topological polar surface area (TPSA) is 109 Å². The number of nitrogens with one attached hydrogen (secondary N) is 3. The summed E-state index contributed by atoms with van der Waals surface area (Å²) >= 11 is 6.14. The van der Waals surface area contributed by atoms with Gasteiger partial charge in [-0.05, 0) is 49.2 Å². The van der Waals surface area contributed by atoms with Gasteiger partial charge in [-0.25, -0.2) is 0 Å². The van der Waals surface area contributed by atoms with E-state index in [0.717, 1.165) is 36.6 Å². The molecule has 1 aliphatic carbocycles. The first kappa shape index (κ1) is 22.9. The Balaban J connectivity index is 1.27. The number of nitrogens with zero attached hydrogens (tertiary/aromatic N) is 2. The molecule has 2 aromatic carbocycles. The second-order valence-electron chi connectivity index (χ2n) is 8.67. The largest absolute Gasteiger partial charge is 0.360 e. The van der Waals surface area contributed by atoms with Crippen molar-refractivity contribution in [2.45, 2.75) is 37.8 Å². The van der Waals surface area contributed by atoms with Crippen LogP contribution in [-0.2, 0) is 0 Å². The lowest BCUT2D eigenvalue weighted by molar-refractivity contribution is 0.0863. The number of fused-ring (bicyclic) bond motifs is 1. The summed E-state index contributed by atoms with van der Waals surface area (Å²) < 4.78 is 1.46. The van der Waals surface area contributed by atoms with Crippen LogP contribution in [0.3, 0.4) is 0 Å². The molecule has 4 aromatic rings. The number of aromatic nitrogens is 3. The van der Waals surface area contributed by atoms with Crippen LogP contribution in [0.5, 0.6) is 0 Å². The fourth-order valence-corrected chi connectivity index (χ4v) is 4.77. The molecular weight excluding hydrogens is 466 g/mol. The number of rotatable bonds is 5.